The van der Waals surface area contributed by atoms with E-state index in [-0.39, 0.29) is 38.1 Å². The van der Waals surface area contributed by atoms with Crippen molar-refractivity contribution in [1.29, 1.82) is 0 Å². The van der Waals surface area contributed by atoms with Crippen LogP contribution in [0.25, 0.3) is 0 Å². The Morgan fingerprint density at radius 3 is 2.22 bits per heavy atom. The molecule has 0 aromatic rings. The molecule has 2 amide bonds. The molecule has 0 saturated carbocycles. The predicted octanol–water partition coefficient (Wildman–Crippen LogP) is 0.986. The van der Waals surface area contributed by atoms with Crippen molar-refractivity contribution >= 4 is 12.0 Å². The second-order valence-electron chi connectivity index (χ2n) is 10.1. The molecule has 41 heavy (non-hydrogen) atoms. The van der Waals surface area contributed by atoms with Crippen LogP contribution in [0.5, 0.6) is 0 Å². The monoisotopic (exact) mass is 1000 g/mol. The fourth-order valence-electron chi connectivity index (χ4n) is 4.91. The molecule has 2 unspecified atom stereocenters. The maximum atomic E-state index is 12.9. The number of methoxy groups -OCH3 is 2. The van der Waals surface area contributed by atoms with Crippen LogP contribution in [0.4, 0.5) is 4.79 Å². The number of allylic oxidation sites excluding steroid dienone is 2. The van der Waals surface area contributed by atoms with Gasteiger partial charge in [0.2, 0.25) is 0 Å². The number of aliphatic hydroxyl groups is 4. The van der Waals surface area contributed by atoms with Gasteiger partial charge in [-0.3, -0.25) is 4.79 Å². The van der Waals surface area contributed by atoms with Crippen molar-refractivity contribution in [2.24, 2.45) is 17.6 Å². The second kappa shape index (κ2) is 17.0. The normalized spacial score (nSPS) is 36.8. The Balaban J connectivity index is 0.00000800. The van der Waals surface area contributed by atoms with E-state index in [9.17, 15) is 30.0 Å². The fraction of sp³-hybridized carbons (Fsp3) is 0.571. The first kappa shape index (κ1) is 37.9. The molecule has 1 aliphatic heterocycles. The second-order valence-corrected chi connectivity index (χ2v) is 10.1. The van der Waals surface area contributed by atoms with Crippen LogP contribution in [0.3, 0.4) is 0 Å². The number of hydrogen-bond acceptors (Lipinski definition) is 9. The van der Waals surface area contributed by atoms with Gasteiger partial charge in [-0.1, -0.05) is 38.2 Å². The van der Waals surface area contributed by atoms with Gasteiger partial charge in [0.15, 0.2) is 6.10 Å². The maximum absolute atomic E-state index is 12.9. The minimum Gasteiger partial charge on any atom is -0.439 e. The van der Waals surface area contributed by atoms with E-state index in [1.807, 2.05) is 0 Å². The van der Waals surface area contributed by atoms with Crippen LogP contribution < -0.4 is 11.1 Å². The summed E-state index contributed by atoms with van der Waals surface area (Å²) in [6.45, 7) is 6.76. The molecule has 2 rings (SSSR count). The third-order valence-corrected chi connectivity index (χ3v) is 7.02. The summed E-state index contributed by atoms with van der Waals surface area (Å²) in [5.41, 5.74) is 6.53. The Morgan fingerprint density at radius 1 is 1.02 bits per heavy atom. The summed E-state index contributed by atoms with van der Waals surface area (Å²) in [5, 5.41) is 45.9. The van der Waals surface area contributed by atoms with Gasteiger partial charge in [0.05, 0.1) is 24.4 Å². The number of carbonyl (C=O) groups excluding carboxylic acids is 2. The van der Waals surface area contributed by atoms with E-state index in [1.54, 1.807) is 45.9 Å². The summed E-state index contributed by atoms with van der Waals surface area (Å²) in [6.07, 6.45) is 0.975. The van der Waals surface area contributed by atoms with Crippen LogP contribution >= 0.6 is 0 Å². The van der Waals surface area contributed by atoms with Gasteiger partial charge >= 0.3 is 6.09 Å². The smallest absolute Gasteiger partial charge is 0.405 e. The summed E-state index contributed by atoms with van der Waals surface area (Å²) in [5.74, 6) is -1.48. The van der Waals surface area contributed by atoms with Crippen molar-refractivity contribution in [3.8, 4) is 0 Å². The molecule has 1 radical (unpaired) electrons. The molecule has 2 aliphatic rings. The number of ether oxygens (including phenoxy) is 3. The van der Waals surface area contributed by atoms with Crippen LogP contribution in [-0.4, -0.2) is 89.4 Å². The maximum Gasteiger partial charge on any atom is 0.405 e. The number of aliphatic hydroxyl groups excluding tert-OH is 4. The first-order valence-electron chi connectivity index (χ1n) is 12.8. The minimum absolute atomic E-state index is 0. The molecule has 0 fully saturated rings. The molecule has 227 valence electrons. The first-order valence-corrected chi connectivity index (χ1v) is 12.8. The van der Waals surface area contributed by atoms with Crippen molar-refractivity contribution in [3.05, 3.63) is 58.9 Å². The van der Waals surface area contributed by atoms with Crippen LogP contribution in [0, 0.1) is 11.8 Å². The summed E-state index contributed by atoms with van der Waals surface area (Å²) >= 11 is 0. The van der Waals surface area contributed by atoms with Gasteiger partial charge in [0.25, 0.3) is 5.91 Å². The Morgan fingerprint density at radius 2 is 1.66 bits per heavy atom. The zero-order valence-electron chi connectivity index (χ0n) is 24.4. The van der Waals surface area contributed by atoms with E-state index < -0.39 is 66.6 Å². The number of primary amides is 1. The minimum atomic E-state index is -1.27. The Bertz CT molecular complexity index is 1050. The van der Waals surface area contributed by atoms with Gasteiger partial charge in [-0.15, -0.1) is 0 Å². The van der Waals surface area contributed by atoms with E-state index in [0.29, 0.717) is 11.1 Å². The summed E-state index contributed by atoms with van der Waals surface area (Å²) in [4.78, 5) is 24.5. The fourth-order valence-corrected chi connectivity index (χ4v) is 4.91. The van der Waals surface area contributed by atoms with E-state index in [0.717, 1.165) is 0 Å². The van der Waals surface area contributed by atoms with Crippen molar-refractivity contribution in [3.63, 3.8) is 0 Å². The quantitative estimate of drug-likeness (QED) is 0.225. The summed E-state index contributed by atoms with van der Waals surface area (Å²) < 4.78 is 16.4. The standard InChI is InChI=1S/C28H42N2O9.Re.Rf/c1-14-8-7-9-22(37-5)26(39-28(29)36)16(3)10-15(2)23(33)21(32)11-17(4)25(38-6)19-12-18(31)13-20(24(19)34)30-27(14)35;;/h7-10,12-13,15,17-18,21-26,31-34H,11H2,1-6H3,(H2,29,36)(H,30,35);;/b9-7-,14-8+,16-10+;;/t15-,17-,18?,21-,22-,23+,24?,25+,26-;;/m0../s1. The molecule has 0 aromatic carbocycles. The van der Waals surface area contributed by atoms with Gasteiger partial charge in [-0.05, 0) is 49.5 Å². The number of nitrogens with one attached hydrogen (secondary N) is 1. The number of amides is 2. The van der Waals surface area contributed by atoms with Crippen molar-refractivity contribution in [2.45, 2.75) is 76.8 Å². The number of fused-ring (bicyclic) bond motifs is 2. The summed E-state index contributed by atoms with van der Waals surface area (Å²) in [7, 11) is 2.86. The topological polar surface area (TPSA) is 181 Å². The predicted molar refractivity (Wildman–Crippen MR) is 144 cm³/mol. The molecule has 13 heteroatoms. The zero-order chi connectivity index (χ0) is 29.4. The van der Waals surface area contributed by atoms with Gasteiger partial charge in [-0.25, -0.2) is 4.79 Å². The van der Waals surface area contributed by atoms with E-state index in [2.05, 4.69) is 5.32 Å². The molecule has 0 spiro atoms. The molecule has 0 aromatic heterocycles. The van der Waals surface area contributed by atoms with Crippen molar-refractivity contribution in [2.75, 3.05) is 14.2 Å². The van der Waals surface area contributed by atoms with Crippen molar-refractivity contribution in [1.82, 2.24) is 5.32 Å². The third-order valence-electron chi connectivity index (χ3n) is 7.02. The number of carbonyl (C=O) groups is 2. The van der Waals surface area contributed by atoms with E-state index in [1.165, 1.54) is 32.4 Å². The summed E-state index contributed by atoms with van der Waals surface area (Å²) in [6, 6.07) is 0. The average molecular weight is 1000 g/mol. The molecule has 2 bridgehead atoms. The molecule has 7 N–H and O–H groups in total. The van der Waals surface area contributed by atoms with Crippen LogP contribution in [0.1, 0.15) is 34.1 Å². The van der Waals surface area contributed by atoms with Crippen LogP contribution in [0.15, 0.2) is 58.9 Å². The number of nitrogens with two attached hydrogens (primary N) is 1. The molecule has 9 atom stereocenters. The van der Waals surface area contributed by atoms with Crippen LogP contribution in [0.2, 0.25) is 0 Å². The first-order chi connectivity index (χ1) is 18.3. The molecule has 1 heterocycles. The van der Waals surface area contributed by atoms with Gasteiger partial charge in [-0.2, -0.15) is 0 Å². The van der Waals surface area contributed by atoms with Crippen molar-refractivity contribution < 1.29 is 64.6 Å². The molecular formula is C28H42N2O9ReRf. The molecule has 11 nitrogen and oxygen atoms in total. The number of hydrogen-bond donors (Lipinski definition) is 6. The van der Waals surface area contributed by atoms with E-state index in [4.69, 9.17) is 19.9 Å². The third kappa shape index (κ3) is 10.0. The molecule has 0 saturated heterocycles. The SMILES string of the molecule is CO[C@H]1/C=C\C=C(/C)C(=O)NC2=CC(O)C=C(C2O)[C@H](OC)[C@@H](C)C[C@H](O)[C@H](O)[C@@H](C)/C=C(\C)[C@@H]1OC(N)=O.[Re].[Rf]. The Hall–Kier alpha value is -3.14. The average Bonchev–Trinajstić information content (AvgIpc) is 2.86. The number of rotatable bonds is 3. The van der Waals surface area contributed by atoms with Crippen LogP contribution in [-0.2, 0) is 39.4 Å². The van der Waals surface area contributed by atoms with Gasteiger partial charge < -0.3 is 45.7 Å². The van der Waals surface area contributed by atoms with E-state index >= 15 is 0 Å². The van der Waals surface area contributed by atoms with Gasteiger partial charge in [0.1, 0.15) is 12.2 Å². The largest absolute Gasteiger partial charge is 0.439 e. The molecule has 1 aliphatic carbocycles. The Kier molecular flexibility index (Phi) is 15.7. The van der Waals surface area contributed by atoms with Gasteiger partial charge in [0, 0.05) is 51.8 Å². The zero-order valence-corrected chi connectivity index (χ0v) is 33.5. The Labute approximate surface area is 249 Å². The molecular weight excluding hydrogens is 962 g/mol.